The topological polar surface area (TPSA) is 78.4 Å². The molecule has 5 nitrogen and oxygen atoms in total. The number of rotatable bonds is 4. The van der Waals surface area contributed by atoms with Crippen molar-refractivity contribution in [3.63, 3.8) is 0 Å². The second kappa shape index (κ2) is 5.76. The summed E-state index contributed by atoms with van der Waals surface area (Å²) in [7, 11) is 0. The SMILES string of the molecule is O=C(NCC1CC2CCC1C2)Nc1ccc(C(=O)O)cc1. The Balaban J connectivity index is 1.46. The number of nitrogens with one attached hydrogen (secondary N) is 2. The average Bonchev–Trinajstić information content (AvgIpc) is 3.08. The van der Waals surface area contributed by atoms with Gasteiger partial charge in [0.2, 0.25) is 0 Å². The monoisotopic (exact) mass is 288 g/mol. The zero-order valence-electron chi connectivity index (χ0n) is 11.8. The fourth-order valence-electron chi connectivity index (χ4n) is 3.72. The van der Waals surface area contributed by atoms with Gasteiger partial charge in [-0.25, -0.2) is 9.59 Å². The van der Waals surface area contributed by atoms with E-state index in [0.717, 1.165) is 18.4 Å². The molecule has 0 saturated heterocycles. The number of benzene rings is 1. The van der Waals surface area contributed by atoms with Crippen LogP contribution in [0, 0.1) is 17.8 Å². The van der Waals surface area contributed by atoms with E-state index in [1.807, 2.05) is 0 Å². The fraction of sp³-hybridized carbons (Fsp3) is 0.500. The molecule has 2 saturated carbocycles. The molecule has 1 aromatic rings. The summed E-state index contributed by atoms with van der Waals surface area (Å²) in [5, 5.41) is 14.5. The molecular weight excluding hydrogens is 268 g/mol. The van der Waals surface area contributed by atoms with Crippen LogP contribution in [-0.2, 0) is 0 Å². The highest BCUT2D eigenvalue weighted by Gasteiger charge is 2.39. The molecule has 2 amide bonds. The molecule has 2 aliphatic rings. The summed E-state index contributed by atoms with van der Waals surface area (Å²) in [6.07, 6.45) is 5.27. The molecule has 3 N–H and O–H groups in total. The molecule has 1 aromatic carbocycles. The zero-order valence-corrected chi connectivity index (χ0v) is 11.8. The van der Waals surface area contributed by atoms with Crippen molar-refractivity contribution >= 4 is 17.7 Å². The van der Waals surface area contributed by atoms with E-state index in [0.29, 0.717) is 11.6 Å². The van der Waals surface area contributed by atoms with E-state index < -0.39 is 5.97 Å². The number of aromatic carboxylic acids is 1. The van der Waals surface area contributed by atoms with E-state index in [1.165, 1.54) is 37.8 Å². The first-order valence-corrected chi connectivity index (χ1v) is 7.50. The minimum Gasteiger partial charge on any atom is -0.478 e. The van der Waals surface area contributed by atoms with E-state index in [4.69, 9.17) is 5.11 Å². The summed E-state index contributed by atoms with van der Waals surface area (Å²) in [6, 6.07) is 5.93. The third-order valence-electron chi connectivity index (χ3n) is 4.80. The highest BCUT2D eigenvalue weighted by molar-refractivity contribution is 5.91. The Kier molecular flexibility index (Phi) is 3.82. The van der Waals surface area contributed by atoms with E-state index in [1.54, 1.807) is 12.1 Å². The Bertz CT molecular complexity index is 541. The van der Waals surface area contributed by atoms with E-state index in [9.17, 15) is 9.59 Å². The molecule has 3 unspecified atom stereocenters. The van der Waals surface area contributed by atoms with Gasteiger partial charge in [0.25, 0.3) is 0 Å². The molecule has 3 rings (SSSR count). The van der Waals surface area contributed by atoms with Gasteiger partial charge in [0.15, 0.2) is 0 Å². The summed E-state index contributed by atoms with van der Waals surface area (Å²) in [4.78, 5) is 22.6. The van der Waals surface area contributed by atoms with E-state index in [2.05, 4.69) is 10.6 Å². The van der Waals surface area contributed by atoms with Crippen LogP contribution in [0.4, 0.5) is 10.5 Å². The van der Waals surface area contributed by atoms with Crippen LogP contribution < -0.4 is 10.6 Å². The van der Waals surface area contributed by atoms with Crippen LogP contribution in [0.1, 0.15) is 36.0 Å². The van der Waals surface area contributed by atoms with Crippen molar-refractivity contribution in [3.8, 4) is 0 Å². The summed E-state index contributed by atoms with van der Waals surface area (Å²) in [6.45, 7) is 0.736. The molecule has 5 heteroatoms. The first-order chi connectivity index (χ1) is 10.1. The van der Waals surface area contributed by atoms with E-state index >= 15 is 0 Å². The number of carboxylic acids is 1. The van der Waals surface area contributed by atoms with Gasteiger partial charge in [0.05, 0.1) is 5.56 Å². The van der Waals surface area contributed by atoms with Crippen molar-refractivity contribution in [3.05, 3.63) is 29.8 Å². The van der Waals surface area contributed by atoms with Crippen molar-refractivity contribution in [2.75, 3.05) is 11.9 Å². The molecule has 2 aliphatic carbocycles. The predicted octanol–water partition coefficient (Wildman–Crippen LogP) is 2.94. The van der Waals surface area contributed by atoms with Crippen LogP contribution in [0.2, 0.25) is 0 Å². The van der Waals surface area contributed by atoms with Crippen molar-refractivity contribution in [1.29, 1.82) is 0 Å². The van der Waals surface area contributed by atoms with Crippen LogP contribution in [0.3, 0.4) is 0 Å². The normalized spacial score (nSPS) is 26.6. The van der Waals surface area contributed by atoms with Gasteiger partial charge < -0.3 is 15.7 Å². The van der Waals surface area contributed by atoms with Crippen LogP contribution in [0.5, 0.6) is 0 Å². The van der Waals surface area contributed by atoms with Gasteiger partial charge in [-0.15, -0.1) is 0 Å². The first kappa shape index (κ1) is 13.9. The van der Waals surface area contributed by atoms with Gasteiger partial charge in [0.1, 0.15) is 0 Å². The first-order valence-electron chi connectivity index (χ1n) is 7.50. The lowest BCUT2D eigenvalue weighted by molar-refractivity contribution is 0.0697. The van der Waals surface area contributed by atoms with Crippen LogP contribution in [0.25, 0.3) is 0 Å². The lowest BCUT2D eigenvalue weighted by atomic mass is 9.89. The smallest absolute Gasteiger partial charge is 0.335 e. The van der Waals surface area contributed by atoms with Gasteiger partial charge in [-0.1, -0.05) is 6.42 Å². The molecule has 0 spiro atoms. The number of carbonyl (C=O) groups is 2. The molecular formula is C16H20N2O3. The third kappa shape index (κ3) is 3.17. The second-order valence-corrected chi connectivity index (χ2v) is 6.15. The maximum Gasteiger partial charge on any atom is 0.335 e. The number of amides is 2. The number of hydrogen-bond acceptors (Lipinski definition) is 2. The quantitative estimate of drug-likeness (QED) is 0.797. The summed E-state index contributed by atoms with van der Waals surface area (Å²) < 4.78 is 0. The lowest BCUT2D eigenvalue weighted by Crippen LogP contribution is -2.34. The largest absolute Gasteiger partial charge is 0.478 e. The Morgan fingerprint density at radius 1 is 1.14 bits per heavy atom. The summed E-state index contributed by atoms with van der Waals surface area (Å²) in [5.74, 6) is 1.34. The van der Waals surface area contributed by atoms with Crippen LogP contribution in [0.15, 0.2) is 24.3 Å². The third-order valence-corrected chi connectivity index (χ3v) is 4.80. The molecule has 0 aliphatic heterocycles. The van der Waals surface area contributed by atoms with Gasteiger partial charge in [0, 0.05) is 12.2 Å². The number of anilines is 1. The summed E-state index contributed by atoms with van der Waals surface area (Å²) in [5.41, 5.74) is 0.813. The number of urea groups is 1. The molecule has 0 radical (unpaired) electrons. The highest BCUT2D eigenvalue weighted by atomic mass is 16.4. The molecule has 2 fully saturated rings. The highest BCUT2D eigenvalue weighted by Crippen LogP contribution is 2.47. The Hall–Kier alpha value is -2.04. The number of fused-ring (bicyclic) bond motifs is 2. The van der Waals surface area contributed by atoms with Gasteiger partial charge in [-0.05, 0) is 61.3 Å². The zero-order chi connectivity index (χ0) is 14.8. The van der Waals surface area contributed by atoms with Crippen LogP contribution in [-0.4, -0.2) is 23.7 Å². The lowest BCUT2D eigenvalue weighted by Gasteiger charge is -2.21. The number of carbonyl (C=O) groups excluding carboxylic acids is 1. The predicted molar refractivity (Wildman–Crippen MR) is 79.4 cm³/mol. The molecule has 0 aromatic heterocycles. The van der Waals surface area contributed by atoms with Gasteiger partial charge in [-0.3, -0.25) is 0 Å². The molecule has 112 valence electrons. The molecule has 21 heavy (non-hydrogen) atoms. The van der Waals surface area contributed by atoms with Gasteiger partial charge >= 0.3 is 12.0 Å². The maximum atomic E-state index is 11.9. The van der Waals surface area contributed by atoms with Crippen molar-refractivity contribution < 1.29 is 14.7 Å². The van der Waals surface area contributed by atoms with Crippen molar-refractivity contribution in [2.24, 2.45) is 17.8 Å². The number of hydrogen-bond donors (Lipinski definition) is 3. The van der Waals surface area contributed by atoms with Crippen molar-refractivity contribution in [2.45, 2.75) is 25.7 Å². The standard InChI is InChI=1S/C16H20N2O3/c19-15(20)11-3-5-14(6-4-11)18-16(21)17-9-13-8-10-1-2-12(13)7-10/h3-6,10,12-13H,1-2,7-9H2,(H,19,20)(H2,17,18,21). The maximum absolute atomic E-state index is 11.9. The van der Waals surface area contributed by atoms with Gasteiger partial charge in [-0.2, -0.15) is 0 Å². The average molecular weight is 288 g/mol. The Morgan fingerprint density at radius 3 is 2.48 bits per heavy atom. The van der Waals surface area contributed by atoms with Crippen molar-refractivity contribution in [1.82, 2.24) is 5.32 Å². The van der Waals surface area contributed by atoms with Crippen LogP contribution >= 0.6 is 0 Å². The fourth-order valence-corrected chi connectivity index (χ4v) is 3.72. The Morgan fingerprint density at radius 2 is 1.90 bits per heavy atom. The molecule has 0 heterocycles. The minimum absolute atomic E-state index is 0.211. The molecule has 3 atom stereocenters. The molecule has 2 bridgehead atoms. The second-order valence-electron chi connectivity index (χ2n) is 6.15. The Labute approximate surface area is 123 Å². The van der Waals surface area contributed by atoms with E-state index in [-0.39, 0.29) is 11.6 Å². The summed E-state index contributed by atoms with van der Waals surface area (Å²) >= 11 is 0. The number of carboxylic acid groups (broad SMARTS) is 1. The minimum atomic E-state index is -0.970.